The third-order valence-electron chi connectivity index (χ3n) is 5.38. The number of hydrogen-bond acceptors (Lipinski definition) is 5. The molecule has 4 aromatic rings. The molecule has 150 valence electrons. The van der Waals surface area contributed by atoms with Crippen molar-refractivity contribution < 1.29 is 9.53 Å². The van der Waals surface area contributed by atoms with Gasteiger partial charge in [0.15, 0.2) is 0 Å². The summed E-state index contributed by atoms with van der Waals surface area (Å²) in [5.41, 5.74) is 4.36. The second-order valence-corrected chi connectivity index (χ2v) is 7.17. The molecule has 1 N–H and O–H groups in total. The van der Waals surface area contributed by atoms with Gasteiger partial charge in [-0.1, -0.05) is 12.1 Å². The largest absolute Gasteiger partial charge is 0.494 e. The number of pyridine rings is 1. The highest BCUT2D eigenvalue weighted by molar-refractivity contribution is 6.04. The molecule has 0 saturated heterocycles. The van der Waals surface area contributed by atoms with Crippen LogP contribution in [0, 0.1) is 0 Å². The number of ether oxygens (including phenoxy) is 1. The normalized spacial score (nSPS) is 13.2. The van der Waals surface area contributed by atoms with Gasteiger partial charge in [0, 0.05) is 37.2 Å². The lowest BCUT2D eigenvalue weighted by Gasteiger charge is -2.30. The van der Waals surface area contributed by atoms with E-state index in [1.807, 2.05) is 36.4 Å². The summed E-state index contributed by atoms with van der Waals surface area (Å²) in [5.74, 6) is 1.44. The Labute approximate surface area is 173 Å². The summed E-state index contributed by atoms with van der Waals surface area (Å²) in [7, 11) is 1.61. The fourth-order valence-corrected chi connectivity index (χ4v) is 3.86. The van der Waals surface area contributed by atoms with Gasteiger partial charge in [0.1, 0.15) is 11.6 Å². The Balaban J connectivity index is 1.38. The summed E-state index contributed by atoms with van der Waals surface area (Å²) in [4.78, 5) is 23.5. The second-order valence-electron chi connectivity index (χ2n) is 7.17. The average molecular weight is 399 g/mol. The molecule has 1 amide bonds. The molecule has 0 unspecified atom stereocenters. The van der Waals surface area contributed by atoms with Crippen molar-refractivity contribution in [1.29, 1.82) is 0 Å². The molecular weight excluding hydrogens is 378 g/mol. The van der Waals surface area contributed by atoms with Gasteiger partial charge in [0.25, 0.3) is 5.91 Å². The molecule has 30 heavy (non-hydrogen) atoms. The molecule has 7 nitrogen and oxygen atoms in total. The molecule has 1 aliphatic rings. The molecule has 1 aliphatic heterocycles. The molecule has 0 spiro atoms. The first-order valence-corrected chi connectivity index (χ1v) is 9.81. The van der Waals surface area contributed by atoms with Crippen molar-refractivity contribution in [3.05, 3.63) is 78.4 Å². The molecule has 7 heteroatoms. The van der Waals surface area contributed by atoms with Crippen molar-refractivity contribution in [3.63, 3.8) is 0 Å². The number of nitrogens with zero attached hydrogens (tertiary/aromatic N) is 4. The number of amides is 1. The SMILES string of the molecule is COc1cc(N2CCn3c(nc4ccccc43)C2)ccc1NC(=O)c1cccnc1. The highest BCUT2D eigenvalue weighted by atomic mass is 16.5. The van der Waals surface area contributed by atoms with Gasteiger partial charge >= 0.3 is 0 Å². The standard InChI is InChI=1S/C23H21N5O2/c1-30-21-13-17(8-9-19(21)26-23(29)16-5-4-10-24-14-16)27-11-12-28-20-7-3-2-6-18(20)25-22(28)15-27/h2-10,13-14H,11-12,15H2,1H3,(H,26,29). The van der Waals surface area contributed by atoms with E-state index >= 15 is 0 Å². The summed E-state index contributed by atoms with van der Waals surface area (Å²) in [6.45, 7) is 2.47. The molecule has 3 heterocycles. The number of para-hydroxylation sites is 2. The number of carbonyl (C=O) groups excluding carboxylic acids is 1. The third kappa shape index (κ3) is 3.24. The van der Waals surface area contributed by atoms with Crippen LogP contribution >= 0.6 is 0 Å². The maximum atomic E-state index is 12.5. The maximum Gasteiger partial charge on any atom is 0.257 e. The van der Waals surface area contributed by atoms with E-state index in [0.717, 1.165) is 36.7 Å². The Hall–Kier alpha value is -3.87. The number of methoxy groups -OCH3 is 1. The van der Waals surface area contributed by atoms with Gasteiger partial charge in [-0.2, -0.15) is 0 Å². The monoisotopic (exact) mass is 399 g/mol. The summed E-state index contributed by atoms with van der Waals surface area (Å²) < 4.78 is 7.84. The van der Waals surface area contributed by atoms with Gasteiger partial charge in [0.05, 0.1) is 35.9 Å². The zero-order valence-corrected chi connectivity index (χ0v) is 16.6. The molecule has 0 bridgehead atoms. The molecule has 5 rings (SSSR count). The van der Waals surface area contributed by atoms with Crippen LogP contribution in [0.4, 0.5) is 11.4 Å². The third-order valence-corrected chi connectivity index (χ3v) is 5.38. The number of carbonyl (C=O) groups is 1. The Morgan fingerprint density at radius 2 is 2.00 bits per heavy atom. The van der Waals surface area contributed by atoms with Gasteiger partial charge in [-0.25, -0.2) is 4.98 Å². The van der Waals surface area contributed by atoms with Crippen molar-refractivity contribution in [2.24, 2.45) is 0 Å². The fourth-order valence-electron chi connectivity index (χ4n) is 3.86. The average Bonchev–Trinajstić information content (AvgIpc) is 3.17. The predicted octanol–water partition coefficient (Wildman–Crippen LogP) is 3.71. The van der Waals surface area contributed by atoms with Crippen LogP contribution in [0.3, 0.4) is 0 Å². The molecule has 0 radical (unpaired) electrons. The highest BCUT2D eigenvalue weighted by Crippen LogP contribution is 2.32. The number of anilines is 2. The Morgan fingerprint density at radius 1 is 1.10 bits per heavy atom. The Bertz CT molecular complexity index is 1220. The van der Waals surface area contributed by atoms with E-state index in [0.29, 0.717) is 17.0 Å². The van der Waals surface area contributed by atoms with E-state index < -0.39 is 0 Å². The summed E-state index contributed by atoms with van der Waals surface area (Å²) in [5, 5.41) is 2.90. The van der Waals surface area contributed by atoms with Crippen LogP contribution in [-0.2, 0) is 13.1 Å². The molecular formula is C23H21N5O2. The number of nitrogens with one attached hydrogen (secondary N) is 1. The maximum absolute atomic E-state index is 12.5. The number of fused-ring (bicyclic) bond motifs is 3. The van der Waals surface area contributed by atoms with Gasteiger partial charge < -0.3 is 19.5 Å². The van der Waals surface area contributed by atoms with Crippen molar-refractivity contribution in [3.8, 4) is 5.75 Å². The first-order chi connectivity index (χ1) is 14.7. The van der Waals surface area contributed by atoms with E-state index in [1.165, 1.54) is 11.7 Å². The molecule has 0 aliphatic carbocycles. The quantitative estimate of drug-likeness (QED) is 0.566. The van der Waals surface area contributed by atoms with Crippen LogP contribution in [0.2, 0.25) is 0 Å². The number of aromatic nitrogens is 3. The Kier molecular flexibility index (Phi) is 4.55. The van der Waals surface area contributed by atoms with Gasteiger partial charge in [-0.05, 0) is 36.4 Å². The smallest absolute Gasteiger partial charge is 0.257 e. The van der Waals surface area contributed by atoms with Crippen LogP contribution in [0.25, 0.3) is 11.0 Å². The molecule has 2 aromatic carbocycles. The highest BCUT2D eigenvalue weighted by Gasteiger charge is 2.21. The summed E-state index contributed by atoms with van der Waals surface area (Å²) in [6, 6.07) is 17.5. The molecule has 0 saturated carbocycles. The first kappa shape index (κ1) is 18.2. The minimum atomic E-state index is -0.221. The van der Waals surface area contributed by atoms with E-state index in [4.69, 9.17) is 9.72 Å². The summed E-state index contributed by atoms with van der Waals surface area (Å²) >= 11 is 0. The summed E-state index contributed by atoms with van der Waals surface area (Å²) in [6.07, 6.45) is 3.18. The van der Waals surface area contributed by atoms with Crippen LogP contribution in [-0.4, -0.2) is 34.1 Å². The second kappa shape index (κ2) is 7.51. The van der Waals surface area contributed by atoms with Crippen molar-refractivity contribution in [2.45, 2.75) is 13.1 Å². The lowest BCUT2D eigenvalue weighted by Crippen LogP contribution is -2.33. The van der Waals surface area contributed by atoms with E-state index in [9.17, 15) is 4.79 Å². The van der Waals surface area contributed by atoms with Gasteiger partial charge in [-0.3, -0.25) is 9.78 Å². The zero-order valence-electron chi connectivity index (χ0n) is 16.6. The van der Waals surface area contributed by atoms with E-state index in [2.05, 4.69) is 25.8 Å². The number of benzene rings is 2. The fraction of sp³-hybridized carbons (Fsp3) is 0.174. The molecule has 2 aromatic heterocycles. The number of hydrogen-bond donors (Lipinski definition) is 1. The molecule has 0 atom stereocenters. The predicted molar refractivity (Wildman–Crippen MR) is 116 cm³/mol. The number of imidazole rings is 1. The van der Waals surface area contributed by atoms with Gasteiger partial charge in [0.2, 0.25) is 0 Å². The van der Waals surface area contributed by atoms with E-state index in [-0.39, 0.29) is 5.91 Å². The minimum Gasteiger partial charge on any atom is -0.494 e. The van der Waals surface area contributed by atoms with E-state index in [1.54, 1.807) is 25.4 Å². The Morgan fingerprint density at radius 3 is 2.83 bits per heavy atom. The van der Waals surface area contributed by atoms with Gasteiger partial charge in [-0.15, -0.1) is 0 Å². The van der Waals surface area contributed by atoms with Crippen molar-refractivity contribution in [1.82, 2.24) is 14.5 Å². The zero-order chi connectivity index (χ0) is 20.5. The van der Waals surface area contributed by atoms with Crippen LogP contribution in [0.1, 0.15) is 16.2 Å². The van der Waals surface area contributed by atoms with Crippen molar-refractivity contribution >= 4 is 28.3 Å². The lowest BCUT2D eigenvalue weighted by molar-refractivity contribution is 0.102. The van der Waals surface area contributed by atoms with Crippen LogP contribution in [0.5, 0.6) is 5.75 Å². The lowest BCUT2D eigenvalue weighted by atomic mass is 10.2. The first-order valence-electron chi connectivity index (χ1n) is 9.81. The minimum absolute atomic E-state index is 0.221. The van der Waals surface area contributed by atoms with Crippen LogP contribution < -0.4 is 15.0 Å². The topological polar surface area (TPSA) is 72.3 Å². The number of rotatable bonds is 4. The van der Waals surface area contributed by atoms with Crippen LogP contribution in [0.15, 0.2) is 67.0 Å². The van der Waals surface area contributed by atoms with Crippen molar-refractivity contribution in [2.75, 3.05) is 23.9 Å². The molecule has 0 fully saturated rings.